The molecule has 0 unspecified atom stereocenters. The number of rotatable bonds is 4. The van der Waals surface area contributed by atoms with Gasteiger partial charge in [0.25, 0.3) is 0 Å². The fourth-order valence-corrected chi connectivity index (χ4v) is 0.880. The van der Waals surface area contributed by atoms with E-state index in [1.165, 1.54) is 0 Å². The summed E-state index contributed by atoms with van der Waals surface area (Å²) in [6.45, 7) is 7.36. The first kappa shape index (κ1) is 8.93. The van der Waals surface area contributed by atoms with Gasteiger partial charge >= 0.3 is 0 Å². The third-order valence-electron chi connectivity index (χ3n) is 1.38. The number of nitrogens with zero attached hydrogens (tertiary/aromatic N) is 3. The molecule has 1 aromatic rings. The zero-order chi connectivity index (χ0) is 8.97. The Morgan fingerprint density at radius 1 is 1.75 bits per heavy atom. The summed E-state index contributed by atoms with van der Waals surface area (Å²) in [7, 11) is 1.86. The molecule has 0 radical (unpaired) electrons. The van der Waals surface area contributed by atoms with Gasteiger partial charge in [-0.15, -0.1) is 5.10 Å². The van der Waals surface area contributed by atoms with Crippen LogP contribution in [0.1, 0.15) is 12.6 Å². The van der Waals surface area contributed by atoms with Crippen molar-refractivity contribution < 1.29 is 0 Å². The Morgan fingerprint density at radius 3 is 3.00 bits per heavy atom. The van der Waals surface area contributed by atoms with Crippen molar-refractivity contribution in [2.75, 3.05) is 6.54 Å². The van der Waals surface area contributed by atoms with Crippen LogP contribution < -0.4 is 5.32 Å². The molecule has 0 bridgehead atoms. The fourth-order valence-electron chi connectivity index (χ4n) is 0.880. The molecule has 0 spiro atoms. The number of aromatic nitrogens is 3. The standard InChI is InChI=1S/C8H14N4/c1-7(2)4-9-5-8-6-12(3)11-10-8/h6,9H,1,4-5H2,2-3H3. The third-order valence-corrected chi connectivity index (χ3v) is 1.38. The van der Waals surface area contributed by atoms with E-state index in [-0.39, 0.29) is 0 Å². The van der Waals surface area contributed by atoms with Crippen molar-refractivity contribution in [2.45, 2.75) is 13.5 Å². The lowest BCUT2D eigenvalue weighted by atomic mass is 10.3. The van der Waals surface area contributed by atoms with E-state index in [1.54, 1.807) is 4.68 Å². The predicted molar refractivity (Wildman–Crippen MR) is 47.5 cm³/mol. The first-order chi connectivity index (χ1) is 5.68. The van der Waals surface area contributed by atoms with Crippen LogP contribution in [0.25, 0.3) is 0 Å². The van der Waals surface area contributed by atoms with Gasteiger partial charge in [-0.3, -0.25) is 4.68 Å². The summed E-state index contributed by atoms with van der Waals surface area (Å²) in [6, 6.07) is 0. The molecule has 0 saturated carbocycles. The van der Waals surface area contributed by atoms with Crippen LogP contribution >= 0.6 is 0 Å². The Morgan fingerprint density at radius 2 is 2.50 bits per heavy atom. The first-order valence-corrected chi connectivity index (χ1v) is 3.89. The van der Waals surface area contributed by atoms with Crippen molar-refractivity contribution >= 4 is 0 Å². The number of hydrogen-bond acceptors (Lipinski definition) is 3. The molecule has 12 heavy (non-hydrogen) atoms. The van der Waals surface area contributed by atoms with E-state index in [1.807, 2.05) is 20.2 Å². The maximum atomic E-state index is 3.93. The smallest absolute Gasteiger partial charge is 0.0964 e. The second kappa shape index (κ2) is 4.01. The second-order valence-electron chi connectivity index (χ2n) is 2.94. The monoisotopic (exact) mass is 166 g/mol. The molecule has 66 valence electrons. The van der Waals surface area contributed by atoms with Crippen molar-refractivity contribution in [2.24, 2.45) is 7.05 Å². The molecule has 1 heterocycles. The maximum Gasteiger partial charge on any atom is 0.0964 e. The van der Waals surface area contributed by atoms with Gasteiger partial charge in [0.2, 0.25) is 0 Å². The topological polar surface area (TPSA) is 42.7 Å². The highest BCUT2D eigenvalue weighted by Gasteiger charge is 1.95. The molecule has 0 atom stereocenters. The molecule has 1 N–H and O–H groups in total. The lowest BCUT2D eigenvalue weighted by Gasteiger charge is -1.99. The quantitative estimate of drug-likeness (QED) is 0.662. The molecule has 0 fully saturated rings. The van der Waals surface area contributed by atoms with Gasteiger partial charge in [-0.1, -0.05) is 17.4 Å². The molecular weight excluding hydrogens is 152 g/mol. The summed E-state index contributed by atoms with van der Waals surface area (Å²) in [6.07, 6.45) is 1.89. The predicted octanol–water partition coefficient (Wildman–Crippen LogP) is 0.481. The van der Waals surface area contributed by atoms with Crippen molar-refractivity contribution in [3.05, 3.63) is 24.0 Å². The van der Waals surface area contributed by atoms with E-state index >= 15 is 0 Å². The van der Waals surface area contributed by atoms with Crippen LogP contribution in [0.4, 0.5) is 0 Å². The Hall–Kier alpha value is -1.16. The number of aryl methyl sites for hydroxylation is 1. The number of hydrogen-bond donors (Lipinski definition) is 1. The normalized spacial score (nSPS) is 10.2. The van der Waals surface area contributed by atoms with Crippen LogP contribution in [-0.4, -0.2) is 21.5 Å². The van der Waals surface area contributed by atoms with E-state index in [4.69, 9.17) is 0 Å². The average molecular weight is 166 g/mol. The van der Waals surface area contributed by atoms with Gasteiger partial charge in [-0.25, -0.2) is 0 Å². The van der Waals surface area contributed by atoms with Crippen LogP contribution in [0.15, 0.2) is 18.3 Å². The average Bonchev–Trinajstić information content (AvgIpc) is 2.35. The minimum Gasteiger partial charge on any atom is -0.307 e. The van der Waals surface area contributed by atoms with E-state index in [0.29, 0.717) is 0 Å². The molecule has 0 aliphatic carbocycles. The molecule has 4 heteroatoms. The van der Waals surface area contributed by atoms with E-state index in [9.17, 15) is 0 Å². The molecule has 1 aromatic heterocycles. The van der Waals surface area contributed by atoms with Gasteiger partial charge in [0.05, 0.1) is 5.69 Å². The van der Waals surface area contributed by atoms with Crippen LogP contribution in [-0.2, 0) is 13.6 Å². The van der Waals surface area contributed by atoms with Crippen LogP contribution in [0.5, 0.6) is 0 Å². The number of nitrogens with one attached hydrogen (secondary N) is 1. The molecular formula is C8H14N4. The first-order valence-electron chi connectivity index (χ1n) is 3.89. The van der Waals surface area contributed by atoms with Gasteiger partial charge in [-0.2, -0.15) is 0 Å². The summed E-state index contributed by atoms with van der Waals surface area (Å²) in [5.74, 6) is 0. The lowest BCUT2D eigenvalue weighted by molar-refractivity contribution is 0.701. The minimum atomic E-state index is 0.751. The van der Waals surface area contributed by atoms with Crippen molar-refractivity contribution in [1.82, 2.24) is 20.3 Å². The maximum absolute atomic E-state index is 3.93. The molecule has 0 saturated heterocycles. The van der Waals surface area contributed by atoms with Crippen molar-refractivity contribution in [3.8, 4) is 0 Å². The highest BCUT2D eigenvalue weighted by atomic mass is 15.4. The van der Waals surface area contributed by atoms with Gasteiger partial charge in [-0.05, 0) is 6.92 Å². The lowest BCUT2D eigenvalue weighted by Crippen LogP contribution is -2.15. The summed E-state index contributed by atoms with van der Waals surface area (Å²) >= 11 is 0. The van der Waals surface area contributed by atoms with Crippen LogP contribution in [0, 0.1) is 0 Å². The molecule has 0 aromatic carbocycles. The van der Waals surface area contributed by atoms with Crippen LogP contribution in [0.2, 0.25) is 0 Å². The highest BCUT2D eigenvalue weighted by molar-refractivity contribution is 4.95. The van der Waals surface area contributed by atoms with Gasteiger partial charge in [0.1, 0.15) is 0 Å². The third kappa shape index (κ3) is 2.84. The largest absolute Gasteiger partial charge is 0.307 e. The van der Waals surface area contributed by atoms with Crippen LogP contribution in [0.3, 0.4) is 0 Å². The van der Waals surface area contributed by atoms with E-state index < -0.39 is 0 Å². The Kier molecular flexibility index (Phi) is 2.99. The molecule has 4 nitrogen and oxygen atoms in total. The molecule has 0 aliphatic heterocycles. The summed E-state index contributed by atoms with van der Waals surface area (Å²) < 4.78 is 1.69. The van der Waals surface area contributed by atoms with E-state index in [2.05, 4.69) is 22.2 Å². The SMILES string of the molecule is C=C(C)CNCc1cn(C)nn1. The second-order valence-corrected chi connectivity index (χ2v) is 2.94. The van der Waals surface area contributed by atoms with Gasteiger partial charge in [0.15, 0.2) is 0 Å². The zero-order valence-electron chi connectivity index (χ0n) is 7.54. The van der Waals surface area contributed by atoms with Crippen molar-refractivity contribution in [3.63, 3.8) is 0 Å². The Balaban J connectivity index is 2.29. The van der Waals surface area contributed by atoms with Gasteiger partial charge in [0, 0.05) is 26.3 Å². The minimum absolute atomic E-state index is 0.751. The Labute approximate surface area is 72.3 Å². The van der Waals surface area contributed by atoms with Crippen molar-refractivity contribution in [1.29, 1.82) is 0 Å². The van der Waals surface area contributed by atoms with E-state index in [0.717, 1.165) is 24.4 Å². The summed E-state index contributed by atoms with van der Waals surface area (Å²) in [5, 5.41) is 11.0. The summed E-state index contributed by atoms with van der Waals surface area (Å²) in [4.78, 5) is 0. The molecule has 0 amide bonds. The zero-order valence-corrected chi connectivity index (χ0v) is 7.54. The fraction of sp³-hybridized carbons (Fsp3) is 0.500. The summed E-state index contributed by atoms with van der Waals surface area (Å²) in [5.41, 5.74) is 2.08. The Bertz CT molecular complexity index is 264. The highest BCUT2D eigenvalue weighted by Crippen LogP contribution is 1.90. The molecule has 0 aliphatic rings. The molecule has 1 rings (SSSR count). The van der Waals surface area contributed by atoms with Gasteiger partial charge < -0.3 is 5.32 Å².